The van der Waals surface area contributed by atoms with Crippen molar-refractivity contribution in [3.8, 4) is 0 Å². The van der Waals surface area contributed by atoms with Crippen molar-refractivity contribution >= 4 is 40.7 Å². The van der Waals surface area contributed by atoms with Gasteiger partial charge in [0.05, 0.1) is 22.6 Å². The molecule has 14 heteroatoms. The number of carbonyl (C=O) groups is 2. The van der Waals surface area contributed by atoms with Gasteiger partial charge in [-0.3, -0.25) is 19.8 Å². The average Bonchev–Trinajstić information content (AvgIpc) is 3.24. The van der Waals surface area contributed by atoms with Crippen LogP contribution in [0.4, 0.5) is 9.59 Å². The maximum Gasteiger partial charge on any atom is 0.496 e. The minimum atomic E-state index is -0.461. The van der Waals surface area contributed by atoms with Crippen LogP contribution in [-0.2, 0) is 31.9 Å². The number of nitrogens with zero attached hydrogens (tertiary/aromatic N) is 6. The lowest BCUT2D eigenvalue weighted by molar-refractivity contribution is 0.00578. The first kappa shape index (κ1) is 40.0. The number of carbonyl (C=O) groups excluding carboxylic acids is 2. The van der Waals surface area contributed by atoms with Gasteiger partial charge in [-0.2, -0.15) is 0 Å². The van der Waals surface area contributed by atoms with Crippen LogP contribution >= 0.6 is 15.9 Å². The normalized spacial score (nSPS) is 19.9. The molecule has 0 aromatic carbocycles. The van der Waals surface area contributed by atoms with Crippen molar-refractivity contribution in [3.05, 3.63) is 52.5 Å². The van der Waals surface area contributed by atoms with Crippen molar-refractivity contribution in [2.24, 2.45) is 0 Å². The number of halogens is 1. The number of amides is 2. The first-order valence-corrected chi connectivity index (χ1v) is 18.3. The number of pyridine rings is 2. The summed E-state index contributed by atoms with van der Waals surface area (Å²) in [6, 6.07) is 8.08. The molecule has 2 aromatic heterocycles. The van der Waals surface area contributed by atoms with Crippen molar-refractivity contribution in [2.75, 3.05) is 52.4 Å². The van der Waals surface area contributed by atoms with Gasteiger partial charge in [-0.15, -0.1) is 0 Å². The molecule has 0 N–H and O–H groups in total. The molecule has 50 heavy (non-hydrogen) atoms. The van der Waals surface area contributed by atoms with Gasteiger partial charge in [0.25, 0.3) is 0 Å². The quantitative estimate of drug-likeness (QED) is 0.372. The highest BCUT2D eigenvalue weighted by atomic mass is 79.9. The Labute approximate surface area is 307 Å². The fourth-order valence-electron chi connectivity index (χ4n) is 5.44. The van der Waals surface area contributed by atoms with Gasteiger partial charge in [0.2, 0.25) is 0 Å². The van der Waals surface area contributed by atoms with Gasteiger partial charge in [-0.05, 0) is 103 Å². The lowest BCUT2D eigenvalue weighted by Crippen LogP contribution is -2.49. The molecule has 0 spiro atoms. The van der Waals surface area contributed by atoms with Crippen LogP contribution in [-0.4, -0.2) is 124 Å². The molecule has 2 aromatic rings. The van der Waals surface area contributed by atoms with Gasteiger partial charge in [-0.1, -0.05) is 6.07 Å². The van der Waals surface area contributed by atoms with E-state index in [9.17, 15) is 9.59 Å². The summed E-state index contributed by atoms with van der Waals surface area (Å²) >= 11 is 3.38. The first-order chi connectivity index (χ1) is 23.2. The van der Waals surface area contributed by atoms with Gasteiger partial charge >= 0.3 is 19.3 Å². The maximum absolute atomic E-state index is 12.2. The summed E-state index contributed by atoms with van der Waals surface area (Å²) in [5, 5.41) is 0. The number of hydrogen-bond donors (Lipinski definition) is 0. The van der Waals surface area contributed by atoms with Crippen LogP contribution in [0, 0.1) is 0 Å². The molecule has 3 aliphatic heterocycles. The third kappa shape index (κ3) is 11.9. The number of aromatic nitrogens is 2. The lowest BCUT2D eigenvalue weighted by atomic mass is 9.80. The zero-order valence-corrected chi connectivity index (χ0v) is 33.2. The Morgan fingerprint density at radius 3 is 1.44 bits per heavy atom. The largest absolute Gasteiger partial charge is 0.496 e. The molecule has 3 saturated heterocycles. The second kappa shape index (κ2) is 16.3. The highest BCUT2D eigenvalue weighted by Gasteiger charge is 2.51. The van der Waals surface area contributed by atoms with Crippen molar-refractivity contribution in [2.45, 2.75) is 105 Å². The molecule has 0 radical (unpaired) electrons. The van der Waals surface area contributed by atoms with Crippen LogP contribution in [0.3, 0.4) is 0 Å². The second-order valence-corrected chi connectivity index (χ2v) is 17.0. The highest BCUT2D eigenvalue weighted by molar-refractivity contribution is 9.10. The molecule has 0 bridgehead atoms. The molecule has 0 saturated carbocycles. The Balaban J connectivity index is 0.000000237. The van der Waals surface area contributed by atoms with E-state index in [2.05, 4.69) is 35.7 Å². The zero-order valence-electron chi connectivity index (χ0n) is 31.6. The summed E-state index contributed by atoms with van der Waals surface area (Å²) < 4.78 is 24.0. The van der Waals surface area contributed by atoms with Crippen LogP contribution in [0.25, 0.3) is 0 Å². The minimum absolute atomic E-state index is 0.219. The summed E-state index contributed by atoms with van der Waals surface area (Å²) in [4.78, 5) is 41.3. The van der Waals surface area contributed by atoms with Crippen molar-refractivity contribution in [1.29, 1.82) is 0 Å². The molecule has 276 valence electrons. The van der Waals surface area contributed by atoms with Gasteiger partial charge in [-0.25, -0.2) is 9.59 Å². The van der Waals surface area contributed by atoms with Gasteiger partial charge in [0, 0.05) is 87.8 Å². The van der Waals surface area contributed by atoms with E-state index >= 15 is 0 Å². The lowest BCUT2D eigenvalue weighted by Gasteiger charge is -2.35. The SMILES string of the molecule is CC(C)(C)OC(=O)N1CCN(Cc2ccc(B3OC(C)(C)C(C)(C)O3)cn2)CC1.CC(C)(C)OC(=O)N1CCN(Cc2ccc(Br)cn2)CC1. The van der Waals surface area contributed by atoms with E-state index in [-0.39, 0.29) is 30.5 Å². The predicted molar refractivity (Wildman–Crippen MR) is 198 cm³/mol. The van der Waals surface area contributed by atoms with Crippen molar-refractivity contribution in [1.82, 2.24) is 29.6 Å². The van der Waals surface area contributed by atoms with Crippen LogP contribution in [0.15, 0.2) is 41.1 Å². The third-order valence-electron chi connectivity index (χ3n) is 8.98. The van der Waals surface area contributed by atoms with Gasteiger partial charge in [0.1, 0.15) is 11.2 Å². The average molecular weight is 760 g/mol. The molecule has 3 fully saturated rings. The Morgan fingerprint density at radius 1 is 0.700 bits per heavy atom. The molecule has 5 rings (SSSR count). The molecule has 0 unspecified atom stereocenters. The summed E-state index contributed by atoms with van der Waals surface area (Å²) in [7, 11) is -0.390. The Hall–Kier alpha value is -2.78. The van der Waals surface area contributed by atoms with E-state index in [1.165, 1.54) is 0 Å². The van der Waals surface area contributed by atoms with Crippen LogP contribution in [0.5, 0.6) is 0 Å². The number of piperazine rings is 2. The van der Waals surface area contributed by atoms with Crippen LogP contribution in [0.1, 0.15) is 80.6 Å². The fourth-order valence-corrected chi connectivity index (χ4v) is 5.67. The van der Waals surface area contributed by atoms with E-state index < -0.39 is 11.2 Å². The zero-order chi connectivity index (χ0) is 36.9. The number of hydrogen-bond acceptors (Lipinski definition) is 10. The number of ether oxygens (including phenoxy) is 2. The smallest absolute Gasteiger partial charge is 0.444 e. The predicted octanol–water partition coefficient (Wildman–Crippen LogP) is 5.33. The standard InChI is InChI=1S/C21H34BN3O4.C15H22BrN3O2/c1-19(2,3)27-18(26)25-12-10-24(11-13-25)15-17-9-8-16(14-23-17)22-28-20(4,5)21(6,7)29-22;1-15(2,3)21-14(20)19-8-6-18(7-9-19)11-13-5-4-12(16)10-17-13/h8-9,14H,10-13,15H2,1-7H3;4-5,10H,6-9,11H2,1-3H3. The molecule has 3 aliphatic rings. The molecular formula is C36H56BBrN6O6. The number of rotatable bonds is 5. The minimum Gasteiger partial charge on any atom is -0.444 e. The molecule has 0 atom stereocenters. The van der Waals surface area contributed by atoms with E-state index in [0.717, 1.165) is 60.6 Å². The van der Waals surface area contributed by atoms with Crippen molar-refractivity contribution in [3.63, 3.8) is 0 Å². The van der Waals surface area contributed by atoms with E-state index in [4.69, 9.17) is 18.8 Å². The first-order valence-electron chi connectivity index (χ1n) is 17.5. The second-order valence-electron chi connectivity index (χ2n) is 16.1. The fraction of sp³-hybridized carbons (Fsp3) is 0.667. The van der Waals surface area contributed by atoms with E-state index in [1.807, 2.05) is 106 Å². The molecule has 0 aliphatic carbocycles. The highest BCUT2D eigenvalue weighted by Crippen LogP contribution is 2.36. The van der Waals surface area contributed by atoms with E-state index in [0.29, 0.717) is 26.2 Å². The topological polar surface area (TPSA) is 110 Å². The molecule has 2 amide bonds. The summed E-state index contributed by atoms with van der Waals surface area (Å²) in [6.45, 7) is 27.1. The Kier molecular flexibility index (Phi) is 13.0. The molecular weight excluding hydrogens is 703 g/mol. The summed E-state index contributed by atoms with van der Waals surface area (Å²) in [5.74, 6) is 0. The molecule has 5 heterocycles. The van der Waals surface area contributed by atoms with Gasteiger partial charge in [0.15, 0.2) is 0 Å². The maximum atomic E-state index is 12.2. The third-order valence-corrected chi connectivity index (χ3v) is 9.45. The summed E-state index contributed by atoms with van der Waals surface area (Å²) in [5.41, 5.74) is 1.36. The summed E-state index contributed by atoms with van der Waals surface area (Å²) in [6.07, 6.45) is 3.20. The van der Waals surface area contributed by atoms with E-state index in [1.54, 1.807) is 9.80 Å². The molecule has 12 nitrogen and oxygen atoms in total. The van der Waals surface area contributed by atoms with Crippen LogP contribution in [0.2, 0.25) is 0 Å². The monoisotopic (exact) mass is 758 g/mol. The van der Waals surface area contributed by atoms with Crippen molar-refractivity contribution < 1.29 is 28.4 Å². The Morgan fingerprint density at radius 2 is 1.10 bits per heavy atom. The van der Waals surface area contributed by atoms with Crippen LogP contribution < -0.4 is 5.46 Å². The Bertz CT molecular complexity index is 1400. The van der Waals surface area contributed by atoms with Gasteiger partial charge < -0.3 is 28.6 Å².